The molecule has 3 aliphatic rings. The molecule has 1 amide bonds. The fourth-order valence-corrected chi connectivity index (χ4v) is 15.1. The van der Waals surface area contributed by atoms with Crippen LogP contribution in [-0.4, -0.2) is 193 Å². The van der Waals surface area contributed by atoms with Crippen LogP contribution in [-0.2, 0) is 33.2 Å². The third kappa shape index (κ3) is 52.5. The van der Waals surface area contributed by atoms with Crippen LogP contribution >= 0.6 is 0 Å². The number of rotatable bonds is 75. The minimum atomic E-state index is -1.99. The first-order valence-corrected chi connectivity index (χ1v) is 46.8. The predicted molar refractivity (Wildman–Crippen MR) is 470 cm³/mol. The largest absolute Gasteiger partial charge is 0.394 e. The van der Waals surface area contributed by atoms with E-state index in [4.69, 9.17) is 28.4 Å². The lowest BCUT2D eigenvalue weighted by Gasteiger charge is -2.48. The fourth-order valence-electron chi connectivity index (χ4n) is 15.1. The molecule has 3 rings (SSSR count). The minimum Gasteiger partial charge on any atom is -0.394 e. The molecule has 3 aliphatic heterocycles. The zero-order valence-corrected chi connectivity index (χ0v) is 72.4. The summed E-state index contributed by atoms with van der Waals surface area (Å²) in [5.41, 5.74) is 0. The Bertz CT molecular complexity index is 2570. The van der Waals surface area contributed by atoms with Crippen LogP contribution in [0.15, 0.2) is 122 Å². The minimum absolute atomic E-state index is 0.231. The first-order valence-electron chi connectivity index (χ1n) is 46.8. The van der Waals surface area contributed by atoms with Gasteiger partial charge in [-0.15, -0.1) is 0 Å². The van der Waals surface area contributed by atoms with Gasteiger partial charge in [-0.1, -0.05) is 373 Å². The van der Waals surface area contributed by atoms with Gasteiger partial charge in [-0.2, -0.15) is 0 Å². The summed E-state index contributed by atoms with van der Waals surface area (Å²) >= 11 is 0. The molecule has 3 saturated heterocycles. The first kappa shape index (κ1) is 106. The third-order valence-electron chi connectivity index (χ3n) is 22.5. The molecule has 0 aromatic heterocycles. The van der Waals surface area contributed by atoms with E-state index in [9.17, 15) is 61.0 Å². The highest BCUT2D eigenvalue weighted by molar-refractivity contribution is 5.76. The predicted octanol–water partition coefficient (Wildman–Crippen LogP) is 18.6. The monoisotopic (exact) mass is 1640 g/mol. The number of aliphatic hydroxyl groups is 11. The van der Waals surface area contributed by atoms with Crippen LogP contribution < -0.4 is 5.32 Å². The average molecular weight is 1640 g/mol. The van der Waals surface area contributed by atoms with Gasteiger partial charge in [0.05, 0.1) is 38.6 Å². The first-order chi connectivity index (χ1) is 56.8. The molecule has 3 fully saturated rings. The van der Waals surface area contributed by atoms with Gasteiger partial charge in [0, 0.05) is 6.42 Å². The van der Waals surface area contributed by atoms with Crippen molar-refractivity contribution in [2.75, 3.05) is 26.4 Å². The van der Waals surface area contributed by atoms with Crippen LogP contribution in [0.3, 0.4) is 0 Å². The molecule has 17 unspecified atom stereocenters. The Balaban J connectivity index is 1.32. The lowest BCUT2D eigenvalue weighted by Crippen LogP contribution is -2.66. The van der Waals surface area contributed by atoms with Gasteiger partial charge < -0.3 is 89.9 Å². The van der Waals surface area contributed by atoms with E-state index >= 15 is 0 Å². The second-order valence-electron chi connectivity index (χ2n) is 32.7. The zero-order valence-electron chi connectivity index (χ0n) is 72.4. The number of carbonyl (C=O) groups excluding carboxylic acids is 1. The standard InChI is InChI=1S/C97H169NO18/c1-3-5-7-9-11-13-15-17-19-21-23-25-27-29-31-33-35-36-37-38-39-40-41-42-43-44-45-47-49-51-53-55-57-59-61-63-65-67-69-71-73-75-85(103)98-80(81(102)74-72-70-68-66-64-62-60-58-56-54-52-50-48-46-34-32-30-28-26-24-22-20-18-16-14-12-10-8-6-4-2)79-111-95-91(109)88(106)93(83(77-100)113-95)116-97-92(110)89(107)94(84(78-101)114-97)115-96-90(108)87(105)86(104)82(76-99)112-96/h5,7,11,13,17,19,23,25,29,31,35-36,38-39,41-42,64,66,72,74,80-84,86-97,99-102,104-110H,3-4,6,8-10,12,14-16,18,20-22,24,26-28,30,32-34,37,40,43-63,65,67-71,73,75-79H2,1-2H3,(H,98,103)/b7-5-,13-11-,19-17-,25-23-,31-29-,36-35-,39-38-,42-41-,66-64+,74-72+. The summed E-state index contributed by atoms with van der Waals surface area (Å²) in [7, 11) is 0. The smallest absolute Gasteiger partial charge is 0.220 e. The van der Waals surface area contributed by atoms with E-state index < -0.39 is 124 Å². The third-order valence-corrected chi connectivity index (χ3v) is 22.5. The number of ether oxygens (including phenoxy) is 6. The van der Waals surface area contributed by atoms with Gasteiger partial charge in [0.2, 0.25) is 5.91 Å². The number of aliphatic hydroxyl groups excluding tert-OH is 11. The Hall–Kier alpha value is -3.81. The lowest BCUT2D eigenvalue weighted by molar-refractivity contribution is -0.379. The second kappa shape index (κ2) is 75.0. The highest BCUT2D eigenvalue weighted by atomic mass is 16.8. The molecule has 0 aromatic rings. The van der Waals surface area contributed by atoms with Crippen LogP contribution in [0.4, 0.5) is 0 Å². The van der Waals surface area contributed by atoms with Gasteiger partial charge in [0.15, 0.2) is 18.9 Å². The zero-order chi connectivity index (χ0) is 83.8. The summed E-state index contributed by atoms with van der Waals surface area (Å²) in [4.78, 5) is 13.5. The van der Waals surface area contributed by atoms with Crippen molar-refractivity contribution in [3.63, 3.8) is 0 Å². The van der Waals surface area contributed by atoms with Gasteiger partial charge in [0.25, 0.3) is 0 Å². The molecule has 3 heterocycles. The van der Waals surface area contributed by atoms with Gasteiger partial charge in [0.1, 0.15) is 73.2 Å². The Labute approximate surface area is 703 Å². The molecule has 17 atom stereocenters. The molecule has 0 bridgehead atoms. The Morgan fingerprint density at radius 1 is 0.319 bits per heavy atom. The molecule has 12 N–H and O–H groups in total. The van der Waals surface area contributed by atoms with Gasteiger partial charge in [-0.25, -0.2) is 0 Å². The SMILES string of the molecule is CC/C=C\C/C=C\C/C=C\C/C=C\C/C=C\C/C=C\C/C=C\C/C=C\CCCCCCCCCCCCCCCCCCC(=O)NC(COC1OC(CO)C(OC2OC(CO)C(OC3OC(CO)C(O)C(O)C3O)C(O)C2O)C(O)C1O)C(O)/C=C/CC/C=C/CCCCCCCCCCCCCCCCCCCCCCCCCC. The molecule has 670 valence electrons. The van der Waals surface area contributed by atoms with Gasteiger partial charge in [-0.3, -0.25) is 4.79 Å². The van der Waals surface area contributed by atoms with Crippen molar-refractivity contribution in [3.05, 3.63) is 122 Å². The number of unbranched alkanes of at least 4 members (excludes halogenated alkanes) is 41. The highest BCUT2D eigenvalue weighted by Crippen LogP contribution is 2.34. The molecule has 0 aromatic carbocycles. The molecule has 19 nitrogen and oxygen atoms in total. The van der Waals surface area contributed by atoms with E-state index in [2.05, 4.69) is 129 Å². The summed E-state index contributed by atoms with van der Waals surface area (Å²) in [6, 6.07) is -0.998. The fraction of sp³-hybridized carbons (Fsp3) is 0.784. The van der Waals surface area contributed by atoms with Crippen LogP contribution in [0.25, 0.3) is 0 Å². The molecule has 19 heteroatoms. The number of nitrogens with one attached hydrogen (secondary N) is 1. The van der Waals surface area contributed by atoms with Gasteiger partial charge in [-0.05, 0) is 96.3 Å². The Morgan fingerprint density at radius 3 is 0.966 bits per heavy atom. The Kier molecular flexibility index (Phi) is 68.8. The summed E-state index contributed by atoms with van der Waals surface area (Å²) in [6.07, 6.45) is 80.7. The maximum atomic E-state index is 13.5. The number of hydrogen-bond donors (Lipinski definition) is 12. The van der Waals surface area contributed by atoms with Crippen LogP contribution in [0.5, 0.6) is 0 Å². The van der Waals surface area contributed by atoms with Crippen LogP contribution in [0.1, 0.15) is 354 Å². The van der Waals surface area contributed by atoms with Crippen molar-refractivity contribution < 1.29 is 89.4 Å². The summed E-state index contributed by atoms with van der Waals surface area (Å²) in [5.74, 6) is -0.284. The Morgan fingerprint density at radius 2 is 0.603 bits per heavy atom. The maximum absolute atomic E-state index is 13.5. The van der Waals surface area contributed by atoms with Crippen molar-refractivity contribution in [2.24, 2.45) is 0 Å². The van der Waals surface area contributed by atoms with Crippen molar-refractivity contribution in [3.8, 4) is 0 Å². The van der Waals surface area contributed by atoms with E-state index in [1.807, 2.05) is 6.08 Å². The topological polar surface area (TPSA) is 307 Å². The molecule has 0 radical (unpaired) electrons. The second-order valence-corrected chi connectivity index (χ2v) is 32.7. The van der Waals surface area contributed by atoms with Crippen molar-refractivity contribution in [1.29, 1.82) is 0 Å². The van der Waals surface area contributed by atoms with Crippen molar-refractivity contribution in [2.45, 2.75) is 458 Å². The van der Waals surface area contributed by atoms with Crippen LogP contribution in [0, 0.1) is 0 Å². The van der Waals surface area contributed by atoms with E-state index in [0.29, 0.717) is 12.8 Å². The van der Waals surface area contributed by atoms with E-state index in [1.54, 1.807) is 6.08 Å². The van der Waals surface area contributed by atoms with E-state index in [1.165, 1.54) is 231 Å². The molecular formula is C97H169NO18. The molecule has 0 saturated carbocycles. The van der Waals surface area contributed by atoms with E-state index in [-0.39, 0.29) is 18.9 Å². The molecule has 0 spiro atoms. The maximum Gasteiger partial charge on any atom is 0.220 e. The van der Waals surface area contributed by atoms with E-state index in [0.717, 1.165) is 89.9 Å². The van der Waals surface area contributed by atoms with Gasteiger partial charge >= 0.3 is 0 Å². The lowest BCUT2D eigenvalue weighted by atomic mass is 9.96. The highest BCUT2D eigenvalue weighted by Gasteiger charge is 2.54. The summed E-state index contributed by atoms with van der Waals surface area (Å²) in [6.45, 7) is 1.64. The summed E-state index contributed by atoms with van der Waals surface area (Å²) in [5, 5.41) is 121. The number of hydrogen-bond acceptors (Lipinski definition) is 18. The quantitative estimate of drug-likeness (QED) is 0.0199. The summed E-state index contributed by atoms with van der Waals surface area (Å²) < 4.78 is 34.5. The molecule has 116 heavy (non-hydrogen) atoms. The molecular weight excluding hydrogens is 1470 g/mol. The molecule has 0 aliphatic carbocycles. The van der Waals surface area contributed by atoms with Crippen molar-refractivity contribution in [1.82, 2.24) is 5.32 Å². The average Bonchev–Trinajstić information content (AvgIpc) is 0.783. The number of carbonyl (C=O) groups is 1. The number of amides is 1. The van der Waals surface area contributed by atoms with Crippen molar-refractivity contribution >= 4 is 5.91 Å². The van der Waals surface area contributed by atoms with Crippen LogP contribution in [0.2, 0.25) is 0 Å². The normalized spacial score (nSPS) is 25.1. The number of allylic oxidation sites excluding steroid dienone is 19.